The van der Waals surface area contributed by atoms with E-state index in [1.54, 1.807) is 105 Å². The number of hydrogen-bond acceptors (Lipinski definition) is 18. The van der Waals surface area contributed by atoms with Gasteiger partial charge in [0.15, 0.2) is 15.6 Å². The fraction of sp³-hybridized carbons (Fsp3) is 0.486. The van der Waals surface area contributed by atoms with E-state index in [4.69, 9.17) is 18.9 Å². The molecule has 1 aliphatic carbocycles. The number of rotatable bonds is 26. The predicted octanol–water partition coefficient (Wildman–Crippen LogP) is 17.7. The van der Waals surface area contributed by atoms with Gasteiger partial charge in [-0.1, -0.05) is 116 Å². The largest absolute Gasteiger partial charge is 0.507 e. The number of carbonyl (C=O) groups is 6. The van der Waals surface area contributed by atoms with Gasteiger partial charge in [-0.25, -0.2) is 21.1 Å². The highest BCUT2D eigenvalue weighted by molar-refractivity contribution is 7.90. The number of benzene rings is 8. The van der Waals surface area contributed by atoms with Crippen molar-refractivity contribution in [3.63, 3.8) is 0 Å². The van der Waals surface area contributed by atoms with E-state index < -0.39 is 37.6 Å². The number of phenols is 4. The molecule has 4 saturated heterocycles. The van der Waals surface area contributed by atoms with E-state index in [0.717, 1.165) is 114 Å². The van der Waals surface area contributed by atoms with Crippen molar-refractivity contribution in [2.45, 2.75) is 194 Å². The van der Waals surface area contributed by atoms with Crippen molar-refractivity contribution in [2.75, 3.05) is 101 Å². The molecule has 26 heteroatoms. The van der Waals surface area contributed by atoms with E-state index in [1.807, 2.05) is 95.8 Å². The van der Waals surface area contributed by atoms with Crippen LogP contribution in [0.1, 0.15) is 238 Å². The monoisotopic (exact) mass is 1830 g/mol. The number of aromatic hydroxyl groups is 4. The van der Waals surface area contributed by atoms with E-state index in [1.165, 1.54) is 41.3 Å². The van der Waals surface area contributed by atoms with Crippen LogP contribution in [0.2, 0.25) is 0 Å². The zero-order valence-electron chi connectivity index (χ0n) is 80.1. The normalized spacial score (nSPS) is 20.2. The summed E-state index contributed by atoms with van der Waals surface area (Å²) in [4.78, 5) is 85.9. The lowest BCUT2D eigenvalue weighted by molar-refractivity contribution is -0.134. The number of Topliss-reactive ketones (excluding diaryl/α,β-unsaturated/α-hetero) is 1. The molecule has 4 heterocycles. The third kappa shape index (κ3) is 26.9. The maximum atomic E-state index is 13.5. The van der Waals surface area contributed by atoms with Gasteiger partial charge in [-0.05, 0) is 250 Å². The number of piperidine rings is 4. The summed E-state index contributed by atoms with van der Waals surface area (Å²) in [6, 6.07) is 42.2. The van der Waals surface area contributed by atoms with Crippen LogP contribution in [0.25, 0.3) is 0 Å². The van der Waals surface area contributed by atoms with Gasteiger partial charge in [0.2, 0.25) is 33.7 Å². The van der Waals surface area contributed by atoms with E-state index in [-0.39, 0.29) is 99.7 Å². The summed E-state index contributed by atoms with van der Waals surface area (Å²) in [5.74, 6) is 4.28. The van der Waals surface area contributed by atoms with Crippen LogP contribution in [-0.4, -0.2) is 204 Å². The molecule has 0 radical (unpaired) electrons. The van der Waals surface area contributed by atoms with Crippen molar-refractivity contribution in [3.8, 4) is 46.0 Å². The fourth-order valence-corrected chi connectivity index (χ4v) is 21.2. The van der Waals surface area contributed by atoms with E-state index in [0.29, 0.717) is 142 Å². The van der Waals surface area contributed by atoms with E-state index in [2.05, 4.69) is 60.7 Å². The Morgan fingerprint density at radius 2 is 0.649 bits per heavy atom. The van der Waals surface area contributed by atoms with Gasteiger partial charge in [-0.15, -0.1) is 0 Å². The number of sulfone groups is 1. The smallest absolute Gasteiger partial charge is 0.251 e. The lowest BCUT2D eigenvalue weighted by Gasteiger charge is -2.36. The molecule has 12 unspecified atom stereocenters. The molecule has 13 rings (SSSR count). The van der Waals surface area contributed by atoms with Crippen molar-refractivity contribution in [2.24, 2.45) is 47.3 Å². The number of aryl methyl sites for hydroxylation is 4. The number of amides is 5. The molecule has 5 fully saturated rings. The lowest BCUT2D eigenvalue weighted by atomic mass is 9.85. The molecule has 12 atom stereocenters. The minimum Gasteiger partial charge on any atom is -0.507 e. The van der Waals surface area contributed by atoms with Crippen molar-refractivity contribution in [1.29, 1.82) is 0 Å². The molecular weight excluding hydrogens is 1700 g/mol. The number of sulfonamides is 1. The molecule has 8 aromatic carbocycles. The molecule has 0 spiro atoms. The highest BCUT2D eigenvalue weighted by Crippen LogP contribution is 2.48. The molecule has 5 N–H and O–H groups in total. The molecule has 5 amide bonds. The van der Waals surface area contributed by atoms with Crippen LogP contribution in [0.15, 0.2) is 155 Å². The van der Waals surface area contributed by atoms with Crippen molar-refractivity contribution < 1.29 is 85.0 Å². The molecule has 4 aliphatic heterocycles. The zero-order valence-corrected chi connectivity index (χ0v) is 81.8. The lowest BCUT2D eigenvalue weighted by Crippen LogP contribution is -2.43. The van der Waals surface area contributed by atoms with Gasteiger partial charge in [0.1, 0.15) is 46.0 Å². The quantitative estimate of drug-likeness (QED) is 0.0315. The van der Waals surface area contributed by atoms with Gasteiger partial charge >= 0.3 is 0 Å². The van der Waals surface area contributed by atoms with Gasteiger partial charge in [-0.2, -0.15) is 0 Å². The number of methoxy groups -OCH3 is 4. The number of hydrogen-bond donors (Lipinski definition) is 5. The maximum absolute atomic E-state index is 13.5. The van der Waals surface area contributed by atoms with Gasteiger partial charge < -0.3 is 64.3 Å². The molecule has 5 aliphatic rings. The maximum Gasteiger partial charge on any atom is 0.251 e. The Kier molecular flexibility index (Phi) is 35.1. The van der Waals surface area contributed by atoms with Crippen LogP contribution in [0.5, 0.6) is 46.0 Å². The molecule has 8 aromatic rings. The Balaban J connectivity index is 0.000000181. The first-order valence-corrected chi connectivity index (χ1v) is 49.2. The summed E-state index contributed by atoms with van der Waals surface area (Å²) in [5.41, 5.74) is 10.0. The van der Waals surface area contributed by atoms with Crippen LogP contribution in [0.4, 0.5) is 0 Å². The molecule has 24 nitrogen and oxygen atoms in total. The van der Waals surface area contributed by atoms with Crippen LogP contribution in [0.3, 0.4) is 0 Å². The standard InChI is InChI=1S/C28H36N2O4.C26H36N2O5S.C26H33NO4.C25H33NO5S/c1-17-12-24(31)27(25(13-17)34-4)23(14-26(32)30-15-18(2)11-19(3)16-30)20-5-7-21(8-6-20)28(33)29-22-9-10-22;1-17-12-23(29)26(24(13-17)33-6)22(14-25(30)28-15-18(2)11-19(3)16-28)20-7-9-21(10-8-20)34(31,32)27(4)5;1-16-11-23(29)26(24(12-16)31-5)22(21-8-6-20(7-9-21)19(4)28)13-25(30)27-14-17(2)10-18(3)15-27;1-16-10-22(27)25(23(11-16)31-4)21(19-7-6-8-20(12-19)32(5,29)30)13-24(28)26-14-17(2)9-18(3)15-26/h5-8,12-13,18-19,22-23,31H,9-11,14-16H2,1-4H3,(H,29,33);7-10,12-13,18-19,22,29H,11,14-16H2,1-6H3;6-9,11-12,17-18,22,29H,10,13-15H2,1-5H3;6-8,10-12,17-18,21,27H,9,13-15H2,1-5H3. The second-order valence-electron chi connectivity index (χ2n) is 38.4. The van der Waals surface area contributed by atoms with Crippen molar-refractivity contribution >= 4 is 55.2 Å². The van der Waals surface area contributed by atoms with Crippen molar-refractivity contribution in [3.05, 3.63) is 223 Å². The average molecular weight is 1840 g/mol. The zero-order chi connectivity index (χ0) is 95.9. The summed E-state index contributed by atoms with van der Waals surface area (Å²) in [6.45, 7) is 32.3. The summed E-state index contributed by atoms with van der Waals surface area (Å²) < 4.78 is 72.9. The topological polar surface area (TPSA) is 317 Å². The summed E-state index contributed by atoms with van der Waals surface area (Å²) in [5, 5.41) is 46.5. The second-order valence-corrected chi connectivity index (χ2v) is 42.5. The van der Waals surface area contributed by atoms with Crippen molar-refractivity contribution in [1.82, 2.24) is 29.2 Å². The minimum absolute atomic E-state index is 0.00812. The average Bonchev–Trinajstić information content (AvgIpc) is 1.14. The SMILES string of the molecule is COc1cc(C)cc(O)c1C(CC(=O)N1CC(C)CC(C)C1)c1ccc(C(=O)NC2CC2)cc1.COc1cc(C)cc(O)c1C(CC(=O)N1CC(C)CC(C)C1)c1ccc(C(C)=O)cc1.COc1cc(C)cc(O)c1C(CC(=O)N1CC(C)CC(C)C1)c1ccc(S(=O)(=O)N(C)C)cc1.COc1cc(C)cc(O)c1C(CC(=O)N1CC(C)CC(C)C1)c1cccc(S(C)(=O)=O)c1. The Bertz CT molecular complexity index is 5550. The summed E-state index contributed by atoms with van der Waals surface area (Å²) >= 11 is 0. The minimum atomic E-state index is -3.58. The first-order chi connectivity index (χ1) is 61.9. The predicted molar refractivity (Wildman–Crippen MR) is 512 cm³/mol. The molecular formula is C105H138N6O18S2. The highest BCUT2D eigenvalue weighted by Gasteiger charge is 2.38. The first kappa shape index (κ1) is 102. The number of ketones is 1. The molecule has 0 aromatic heterocycles. The van der Waals surface area contributed by atoms with Gasteiger partial charge in [0.25, 0.3) is 5.91 Å². The number of phenolic OH excluding ortho intramolecular Hbond substituents is 4. The Morgan fingerprint density at radius 1 is 0.382 bits per heavy atom. The number of likely N-dealkylation sites (tertiary alicyclic amines) is 4. The Morgan fingerprint density at radius 3 is 0.901 bits per heavy atom. The second kappa shape index (κ2) is 45.0. The van der Waals surface area contributed by atoms with Crippen LogP contribution >= 0.6 is 0 Å². The summed E-state index contributed by atoms with van der Waals surface area (Å²) in [7, 11) is 2.18. The highest BCUT2D eigenvalue weighted by atomic mass is 32.2. The van der Waals surface area contributed by atoms with Gasteiger partial charge in [0.05, 0.1) is 38.2 Å². The van der Waals surface area contributed by atoms with Gasteiger partial charge in [0, 0.05) is 161 Å². The number of carbonyl (C=O) groups excluding carboxylic acids is 6. The summed E-state index contributed by atoms with van der Waals surface area (Å²) in [6.07, 6.45) is 8.39. The third-order valence-electron chi connectivity index (χ3n) is 25.7. The molecule has 1 saturated carbocycles. The molecule has 131 heavy (non-hydrogen) atoms. The number of nitrogens with zero attached hydrogens (tertiary/aromatic N) is 5. The number of ether oxygens (including phenoxy) is 4. The Hall–Kier alpha value is -11.0. The Labute approximate surface area is 776 Å². The third-order valence-corrected chi connectivity index (χ3v) is 28.6. The molecule has 0 bridgehead atoms. The number of nitrogens with one attached hydrogen (secondary N) is 1. The van der Waals surface area contributed by atoms with Gasteiger partial charge in [-0.3, -0.25) is 28.8 Å². The van der Waals surface area contributed by atoms with Crippen LogP contribution < -0.4 is 24.3 Å². The van der Waals surface area contributed by atoms with Crippen LogP contribution in [-0.2, 0) is 39.0 Å². The van der Waals surface area contributed by atoms with Crippen LogP contribution in [0, 0.1) is 75.0 Å². The fourth-order valence-electron chi connectivity index (χ4n) is 19.6. The van der Waals surface area contributed by atoms with E-state index in [9.17, 15) is 66.0 Å². The first-order valence-electron chi connectivity index (χ1n) is 45.8. The molecule has 708 valence electrons. The van der Waals surface area contributed by atoms with E-state index >= 15 is 0 Å².